The Morgan fingerprint density at radius 1 is 1.40 bits per heavy atom. The molecule has 0 radical (unpaired) electrons. The van der Waals surface area contributed by atoms with E-state index in [2.05, 4.69) is 12.2 Å². The standard InChI is InChI=1S/C16H23ClN2O/c1-3-5-10-19(13-7-8-13)16(20)14-11-12(17)6-9-15(14)18-4-2/h6,9,11,13,18H,3-5,7-8,10H2,1-2H3. The molecule has 0 unspecified atom stereocenters. The van der Waals surface area contributed by atoms with Crippen molar-refractivity contribution in [1.82, 2.24) is 4.90 Å². The molecule has 1 aromatic carbocycles. The third kappa shape index (κ3) is 3.66. The van der Waals surface area contributed by atoms with Crippen LogP contribution >= 0.6 is 11.6 Å². The van der Waals surface area contributed by atoms with Gasteiger partial charge in [0.25, 0.3) is 5.91 Å². The largest absolute Gasteiger partial charge is 0.385 e. The summed E-state index contributed by atoms with van der Waals surface area (Å²) in [6, 6.07) is 5.93. The molecule has 0 bridgehead atoms. The van der Waals surface area contributed by atoms with Gasteiger partial charge in [-0.05, 0) is 44.4 Å². The lowest BCUT2D eigenvalue weighted by atomic mass is 10.1. The van der Waals surface area contributed by atoms with Gasteiger partial charge >= 0.3 is 0 Å². The van der Waals surface area contributed by atoms with Crippen LogP contribution in [0.15, 0.2) is 18.2 Å². The van der Waals surface area contributed by atoms with Gasteiger partial charge in [-0.3, -0.25) is 4.79 Å². The number of anilines is 1. The molecule has 4 heteroatoms. The Labute approximate surface area is 126 Å². The van der Waals surface area contributed by atoms with Crippen molar-refractivity contribution in [3.8, 4) is 0 Å². The number of hydrogen-bond acceptors (Lipinski definition) is 2. The summed E-state index contributed by atoms with van der Waals surface area (Å²) in [6.07, 6.45) is 4.42. The molecule has 0 aliphatic heterocycles. The van der Waals surface area contributed by atoms with Gasteiger partial charge in [0, 0.05) is 29.8 Å². The van der Waals surface area contributed by atoms with E-state index in [0.29, 0.717) is 16.6 Å². The molecular formula is C16H23ClN2O. The monoisotopic (exact) mass is 294 g/mol. The van der Waals surface area contributed by atoms with E-state index in [1.54, 1.807) is 6.07 Å². The Bertz CT molecular complexity index is 472. The summed E-state index contributed by atoms with van der Waals surface area (Å²) in [5.74, 6) is 0.111. The molecule has 1 amide bonds. The number of benzene rings is 1. The van der Waals surface area contributed by atoms with Crippen molar-refractivity contribution < 1.29 is 4.79 Å². The average Bonchev–Trinajstić information content (AvgIpc) is 3.26. The molecule has 0 atom stereocenters. The highest BCUT2D eigenvalue weighted by Gasteiger charge is 2.33. The molecule has 0 heterocycles. The molecule has 1 saturated carbocycles. The zero-order chi connectivity index (χ0) is 14.5. The maximum absolute atomic E-state index is 12.8. The van der Waals surface area contributed by atoms with Gasteiger partial charge in [-0.2, -0.15) is 0 Å². The van der Waals surface area contributed by atoms with Crippen LogP contribution < -0.4 is 5.32 Å². The maximum Gasteiger partial charge on any atom is 0.256 e. The molecule has 0 spiro atoms. The predicted octanol–water partition coefficient (Wildman–Crippen LogP) is 4.18. The number of amides is 1. The highest BCUT2D eigenvalue weighted by Crippen LogP contribution is 2.31. The number of unbranched alkanes of at least 4 members (excludes halogenated alkanes) is 1. The summed E-state index contributed by atoms with van der Waals surface area (Å²) >= 11 is 6.07. The SMILES string of the molecule is CCCCN(C(=O)c1cc(Cl)ccc1NCC)C1CC1. The van der Waals surface area contributed by atoms with Gasteiger partial charge in [0.05, 0.1) is 5.56 Å². The van der Waals surface area contributed by atoms with E-state index in [0.717, 1.165) is 44.5 Å². The Hall–Kier alpha value is -1.22. The summed E-state index contributed by atoms with van der Waals surface area (Å²) in [5.41, 5.74) is 1.58. The Morgan fingerprint density at radius 2 is 2.15 bits per heavy atom. The first kappa shape index (κ1) is 15.2. The van der Waals surface area contributed by atoms with Gasteiger partial charge in [0.15, 0.2) is 0 Å². The topological polar surface area (TPSA) is 32.3 Å². The smallest absolute Gasteiger partial charge is 0.256 e. The third-order valence-electron chi connectivity index (χ3n) is 3.58. The van der Waals surface area contributed by atoms with Crippen molar-refractivity contribution in [2.45, 2.75) is 45.6 Å². The van der Waals surface area contributed by atoms with Crippen molar-refractivity contribution in [2.75, 3.05) is 18.4 Å². The lowest BCUT2D eigenvalue weighted by molar-refractivity contribution is 0.0741. The van der Waals surface area contributed by atoms with E-state index in [4.69, 9.17) is 11.6 Å². The summed E-state index contributed by atoms with van der Waals surface area (Å²) in [6.45, 7) is 5.82. The number of hydrogen-bond donors (Lipinski definition) is 1. The van der Waals surface area contributed by atoms with Crippen LogP contribution in [-0.4, -0.2) is 29.9 Å². The quantitative estimate of drug-likeness (QED) is 0.818. The van der Waals surface area contributed by atoms with Gasteiger partial charge < -0.3 is 10.2 Å². The Balaban J connectivity index is 2.23. The van der Waals surface area contributed by atoms with Crippen LogP contribution in [0.1, 0.15) is 49.9 Å². The molecule has 0 aromatic heterocycles. The van der Waals surface area contributed by atoms with E-state index in [1.807, 2.05) is 24.0 Å². The van der Waals surface area contributed by atoms with Crippen LogP contribution in [0.2, 0.25) is 5.02 Å². The Morgan fingerprint density at radius 3 is 2.75 bits per heavy atom. The van der Waals surface area contributed by atoms with Crippen LogP contribution in [-0.2, 0) is 0 Å². The highest BCUT2D eigenvalue weighted by molar-refractivity contribution is 6.31. The van der Waals surface area contributed by atoms with Crippen molar-refractivity contribution in [1.29, 1.82) is 0 Å². The number of carbonyl (C=O) groups is 1. The molecule has 1 fully saturated rings. The van der Waals surface area contributed by atoms with Crippen molar-refractivity contribution in [2.24, 2.45) is 0 Å². The summed E-state index contributed by atoms with van der Waals surface area (Å²) in [4.78, 5) is 14.8. The summed E-state index contributed by atoms with van der Waals surface area (Å²) < 4.78 is 0. The average molecular weight is 295 g/mol. The fourth-order valence-corrected chi connectivity index (χ4v) is 2.53. The van der Waals surface area contributed by atoms with Crippen LogP contribution in [0.5, 0.6) is 0 Å². The lowest BCUT2D eigenvalue weighted by Gasteiger charge is -2.24. The third-order valence-corrected chi connectivity index (χ3v) is 3.82. The minimum atomic E-state index is 0.111. The van der Waals surface area contributed by atoms with Gasteiger partial charge in [0.1, 0.15) is 0 Å². The number of halogens is 1. The molecule has 3 nitrogen and oxygen atoms in total. The maximum atomic E-state index is 12.8. The molecular weight excluding hydrogens is 272 g/mol. The van der Waals surface area contributed by atoms with E-state index >= 15 is 0 Å². The molecule has 0 saturated heterocycles. The molecule has 1 aliphatic rings. The summed E-state index contributed by atoms with van der Waals surface area (Å²) in [5, 5.41) is 3.86. The Kier molecular flexibility index (Phi) is 5.30. The molecule has 110 valence electrons. The van der Waals surface area contributed by atoms with Crippen LogP contribution in [0, 0.1) is 0 Å². The molecule has 2 rings (SSSR count). The van der Waals surface area contributed by atoms with Crippen LogP contribution in [0.25, 0.3) is 0 Å². The van der Waals surface area contributed by atoms with E-state index in [9.17, 15) is 4.79 Å². The minimum absolute atomic E-state index is 0.111. The minimum Gasteiger partial charge on any atom is -0.385 e. The second-order valence-corrected chi connectivity index (χ2v) is 5.74. The fourth-order valence-electron chi connectivity index (χ4n) is 2.36. The first-order valence-corrected chi connectivity index (χ1v) is 7.89. The van der Waals surface area contributed by atoms with E-state index < -0.39 is 0 Å². The summed E-state index contributed by atoms with van der Waals surface area (Å²) in [7, 11) is 0. The molecule has 20 heavy (non-hydrogen) atoms. The molecule has 1 N–H and O–H groups in total. The number of nitrogens with one attached hydrogen (secondary N) is 1. The fraction of sp³-hybridized carbons (Fsp3) is 0.562. The lowest BCUT2D eigenvalue weighted by Crippen LogP contribution is -2.34. The van der Waals surface area contributed by atoms with Crippen molar-refractivity contribution in [3.05, 3.63) is 28.8 Å². The van der Waals surface area contributed by atoms with Crippen molar-refractivity contribution >= 4 is 23.2 Å². The zero-order valence-corrected chi connectivity index (χ0v) is 13.0. The van der Waals surface area contributed by atoms with E-state index in [1.165, 1.54) is 0 Å². The van der Waals surface area contributed by atoms with Gasteiger partial charge in [0.2, 0.25) is 0 Å². The number of rotatable bonds is 7. The number of carbonyl (C=O) groups excluding carboxylic acids is 1. The second kappa shape index (κ2) is 6.98. The normalized spacial score (nSPS) is 14.2. The zero-order valence-electron chi connectivity index (χ0n) is 12.3. The van der Waals surface area contributed by atoms with Crippen LogP contribution in [0.3, 0.4) is 0 Å². The van der Waals surface area contributed by atoms with Gasteiger partial charge in [-0.15, -0.1) is 0 Å². The molecule has 1 aliphatic carbocycles. The van der Waals surface area contributed by atoms with Crippen molar-refractivity contribution in [3.63, 3.8) is 0 Å². The van der Waals surface area contributed by atoms with Gasteiger partial charge in [-0.1, -0.05) is 24.9 Å². The molecule has 1 aromatic rings. The first-order valence-electron chi connectivity index (χ1n) is 7.51. The van der Waals surface area contributed by atoms with E-state index in [-0.39, 0.29) is 5.91 Å². The van der Waals surface area contributed by atoms with Gasteiger partial charge in [-0.25, -0.2) is 0 Å². The number of nitrogens with zero attached hydrogens (tertiary/aromatic N) is 1. The highest BCUT2D eigenvalue weighted by atomic mass is 35.5. The van der Waals surface area contributed by atoms with Crippen LogP contribution in [0.4, 0.5) is 5.69 Å². The second-order valence-electron chi connectivity index (χ2n) is 5.30. The first-order chi connectivity index (χ1) is 9.67. The predicted molar refractivity (Wildman–Crippen MR) is 84.6 cm³/mol.